The van der Waals surface area contributed by atoms with E-state index in [0.717, 1.165) is 0 Å². The lowest BCUT2D eigenvalue weighted by Crippen LogP contribution is -2.50. The highest BCUT2D eigenvalue weighted by Gasteiger charge is 2.23. The Bertz CT molecular complexity index is 256. The van der Waals surface area contributed by atoms with Gasteiger partial charge in [-0.3, -0.25) is 0 Å². The number of rotatable bonds is 7. The number of carbonyl (C=O) groups is 2. The quantitative estimate of drug-likeness (QED) is 0.615. The summed E-state index contributed by atoms with van der Waals surface area (Å²) in [5.74, 6) is -1.03. The monoisotopic (exact) mass is 246 g/mol. The minimum absolute atomic E-state index is 0.0850. The smallest absolute Gasteiger partial charge is 0.326 e. The number of aliphatic hydroxyl groups excluding tert-OH is 1. The SMILES string of the molecule is CCC[C@@H](NC(=O)N(CCO)C(C)C)C(=O)O. The molecule has 0 aromatic heterocycles. The van der Waals surface area contributed by atoms with E-state index in [-0.39, 0.29) is 19.2 Å². The molecular formula is C11H22N2O4. The molecule has 0 fully saturated rings. The second-order valence-corrected chi connectivity index (χ2v) is 4.14. The first kappa shape index (κ1) is 15.7. The van der Waals surface area contributed by atoms with Crippen LogP contribution >= 0.6 is 0 Å². The van der Waals surface area contributed by atoms with Gasteiger partial charge in [-0.05, 0) is 20.3 Å². The number of aliphatic hydroxyl groups is 1. The summed E-state index contributed by atoms with van der Waals surface area (Å²) in [6.07, 6.45) is 1.07. The molecule has 0 spiro atoms. The first-order chi connectivity index (χ1) is 7.93. The van der Waals surface area contributed by atoms with Gasteiger partial charge in [0.05, 0.1) is 6.61 Å². The average molecular weight is 246 g/mol. The molecule has 0 aliphatic heterocycles. The number of carbonyl (C=O) groups excluding carboxylic acids is 1. The van der Waals surface area contributed by atoms with Gasteiger partial charge in [0, 0.05) is 12.6 Å². The van der Waals surface area contributed by atoms with Crippen molar-refractivity contribution in [2.24, 2.45) is 0 Å². The Labute approximate surface area is 102 Å². The number of nitrogens with one attached hydrogen (secondary N) is 1. The third kappa shape index (κ3) is 5.53. The van der Waals surface area contributed by atoms with Crippen LogP contribution in [0.25, 0.3) is 0 Å². The van der Waals surface area contributed by atoms with E-state index in [1.165, 1.54) is 4.90 Å². The predicted octanol–water partition coefficient (Wildman–Crippen LogP) is 0.652. The van der Waals surface area contributed by atoms with E-state index in [1.54, 1.807) is 0 Å². The molecule has 3 N–H and O–H groups in total. The third-order valence-electron chi connectivity index (χ3n) is 2.40. The molecule has 0 unspecified atom stereocenters. The zero-order chi connectivity index (χ0) is 13.4. The summed E-state index contributed by atoms with van der Waals surface area (Å²) in [5.41, 5.74) is 0. The van der Waals surface area contributed by atoms with Gasteiger partial charge in [0.1, 0.15) is 6.04 Å². The summed E-state index contributed by atoms with van der Waals surface area (Å²) in [5, 5.41) is 20.2. The standard InChI is InChI=1S/C11H22N2O4/c1-4-5-9(10(15)16)12-11(17)13(6-7-14)8(2)3/h8-9,14H,4-7H2,1-3H3,(H,12,17)(H,15,16)/t9-/m1/s1. The predicted molar refractivity (Wildman–Crippen MR) is 63.8 cm³/mol. The molecule has 100 valence electrons. The first-order valence-electron chi connectivity index (χ1n) is 5.84. The van der Waals surface area contributed by atoms with Gasteiger partial charge >= 0.3 is 12.0 Å². The Balaban J connectivity index is 4.50. The van der Waals surface area contributed by atoms with Gasteiger partial charge in [-0.15, -0.1) is 0 Å². The van der Waals surface area contributed by atoms with Crippen molar-refractivity contribution in [2.75, 3.05) is 13.2 Å². The lowest BCUT2D eigenvalue weighted by atomic mass is 10.2. The fourth-order valence-electron chi connectivity index (χ4n) is 1.48. The molecule has 1 atom stereocenters. The van der Waals surface area contributed by atoms with E-state index >= 15 is 0 Å². The number of hydrogen-bond acceptors (Lipinski definition) is 3. The number of aliphatic carboxylic acids is 1. The average Bonchev–Trinajstić information content (AvgIpc) is 2.24. The zero-order valence-corrected chi connectivity index (χ0v) is 10.6. The Morgan fingerprint density at radius 3 is 2.29 bits per heavy atom. The molecule has 0 bridgehead atoms. The molecule has 6 heteroatoms. The summed E-state index contributed by atoms with van der Waals surface area (Å²) in [6, 6.07) is -1.40. The summed E-state index contributed by atoms with van der Waals surface area (Å²) in [6.45, 7) is 5.53. The topological polar surface area (TPSA) is 89.9 Å². The van der Waals surface area contributed by atoms with Crippen LogP contribution in [0.5, 0.6) is 0 Å². The maximum atomic E-state index is 11.8. The van der Waals surface area contributed by atoms with Gasteiger partial charge in [0.25, 0.3) is 0 Å². The Kier molecular flexibility index (Phi) is 7.29. The maximum Gasteiger partial charge on any atom is 0.326 e. The lowest BCUT2D eigenvalue weighted by molar-refractivity contribution is -0.139. The van der Waals surface area contributed by atoms with Crippen LogP contribution in [0.15, 0.2) is 0 Å². The van der Waals surface area contributed by atoms with Gasteiger partial charge in [0.15, 0.2) is 0 Å². The van der Waals surface area contributed by atoms with Gasteiger partial charge < -0.3 is 20.4 Å². The number of carboxylic acids is 1. The van der Waals surface area contributed by atoms with Crippen molar-refractivity contribution in [3.8, 4) is 0 Å². The van der Waals surface area contributed by atoms with E-state index in [2.05, 4.69) is 5.32 Å². The molecule has 0 aliphatic rings. The second kappa shape index (κ2) is 7.89. The van der Waals surface area contributed by atoms with E-state index in [9.17, 15) is 9.59 Å². The van der Waals surface area contributed by atoms with Crippen molar-refractivity contribution in [3.63, 3.8) is 0 Å². The highest BCUT2D eigenvalue weighted by atomic mass is 16.4. The van der Waals surface area contributed by atoms with Crippen LogP contribution in [-0.4, -0.2) is 52.3 Å². The van der Waals surface area contributed by atoms with Crippen LogP contribution in [0.1, 0.15) is 33.6 Å². The molecule has 0 aromatic carbocycles. The highest BCUT2D eigenvalue weighted by molar-refractivity contribution is 5.82. The van der Waals surface area contributed by atoms with Crippen molar-refractivity contribution < 1.29 is 19.8 Å². The Morgan fingerprint density at radius 1 is 1.35 bits per heavy atom. The molecule has 0 radical (unpaired) electrons. The summed E-state index contributed by atoms with van der Waals surface area (Å²) in [4.78, 5) is 24.1. The molecule has 0 heterocycles. The number of hydrogen-bond donors (Lipinski definition) is 3. The number of carboxylic acid groups (broad SMARTS) is 1. The van der Waals surface area contributed by atoms with Crippen molar-refractivity contribution in [2.45, 2.75) is 45.7 Å². The van der Waals surface area contributed by atoms with Crippen molar-refractivity contribution in [1.29, 1.82) is 0 Å². The number of amides is 2. The fraction of sp³-hybridized carbons (Fsp3) is 0.818. The number of urea groups is 1. The van der Waals surface area contributed by atoms with Crippen LogP contribution in [0, 0.1) is 0 Å². The minimum Gasteiger partial charge on any atom is -0.480 e. The summed E-state index contributed by atoms with van der Waals surface area (Å²) >= 11 is 0. The van der Waals surface area contributed by atoms with Crippen molar-refractivity contribution >= 4 is 12.0 Å². The lowest BCUT2D eigenvalue weighted by Gasteiger charge is -2.27. The molecule has 0 saturated carbocycles. The van der Waals surface area contributed by atoms with Gasteiger partial charge in [-0.1, -0.05) is 13.3 Å². The molecule has 2 amide bonds. The minimum atomic E-state index is -1.03. The Hall–Kier alpha value is -1.30. The van der Waals surface area contributed by atoms with Gasteiger partial charge in [-0.25, -0.2) is 9.59 Å². The normalized spacial score (nSPS) is 12.3. The highest BCUT2D eigenvalue weighted by Crippen LogP contribution is 2.02. The van der Waals surface area contributed by atoms with Crippen LogP contribution < -0.4 is 5.32 Å². The molecule has 0 aliphatic carbocycles. The Morgan fingerprint density at radius 2 is 1.94 bits per heavy atom. The van der Waals surface area contributed by atoms with Crippen LogP contribution in [0.3, 0.4) is 0 Å². The van der Waals surface area contributed by atoms with E-state index in [1.807, 2.05) is 20.8 Å². The molecule has 17 heavy (non-hydrogen) atoms. The van der Waals surface area contributed by atoms with Gasteiger partial charge in [-0.2, -0.15) is 0 Å². The fourth-order valence-corrected chi connectivity index (χ4v) is 1.48. The van der Waals surface area contributed by atoms with Crippen LogP contribution in [-0.2, 0) is 4.79 Å². The van der Waals surface area contributed by atoms with E-state index in [4.69, 9.17) is 10.2 Å². The third-order valence-corrected chi connectivity index (χ3v) is 2.40. The summed E-state index contributed by atoms with van der Waals surface area (Å²) in [7, 11) is 0. The summed E-state index contributed by atoms with van der Waals surface area (Å²) < 4.78 is 0. The van der Waals surface area contributed by atoms with Crippen molar-refractivity contribution in [1.82, 2.24) is 10.2 Å². The van der Waals surface area contributed by atoms with E-state index < -0.39 is 18.0 Å². The molecule has 0 rings (SSSR count). The largest absolute Gasteiger partial charge is 0.480 e. The molecular weight excluding hydrogens is 224 g/mol. The van der Waals surface area contributed by atoms with E-state index in [0.29, 0.717) is 12.8 Å². The van der Waals surface area contributed by atoms with Crippen LogP contribution in [0.4, 0.5) is 4.79 Å². The maximum absolute atomic E-state index is 11.8. The molecule has 0 saturated heterocycles. The first-order valence-corrected chi connectivity index (χ1v) is 5.84. The van der Waals surface area contributed by atoms with Crippen LogP contribution in [0.2, 0.25) is 0 Å². The number of nitrogens with zero attached hydrogens (tertiary/aromatic N) is 1. The van der Waals surface area contributed by atoms with Crippen molar-refractivity contribution in [3.05, 3.63) is 0 Å². The zero-order valence-electron chi connectivity index (χ0n) is 10.6. The molecule has 0 aromatic rings. The second-order valence-electron chi connectivity index (χ2n) is 4.14. The molecule has 6 nitrogen and oxygen atoms in total. The van der Waals surface area contributed by atoms with Gasteiger partial charge in [0.2, 0.25) is 0 Å².